The van der Waals surface area contributed by atoms with Crippen molar-refractivity contribution in [3.63, 3.8) is 0 Å². The molecule has 0 unspecified atom stereocenters. The van der Waals surface area contributed by atoms with Crippen molar-refractivity contribution in [1.29, 1.82) is 0 Å². The van der Waals surface area contributed by atoms with Crippen molar-refractivity contribution in [3.8, 4) is 0 Å². The van der Waals surface area contributed by atoms with Crippen molar-refractivity contribution >= 4 is 8.32 Å². The first-order valence-corrected chi connectivity index (χ1v) is 12.5. The molecule has 24 heavy (non-hydrogen) atoms. The van der Waals surface area contributed by atoms with Crippen LogP contribution in [0.2, 0.25) is 18.1 Å². The third kappa shape index (κ3) is 3.59. The molecule has 0 saturated heterocycles. The third-order valence-corrected chi connectivity index (χ3v) is 11.3. The smallest absolute Gasteiger partial charge is 0.192 e. The summed E-state index contributed by atoms with van der Waals surface area (Å²) in [5.74, 6) is 1.49. The second-order valence-electron chi connectivity index (χ2n) is 9.84. The highest BCUT2D eigenvalue weighted by Crippen LogP contribution is 2.49. The molecule has 138 valence electrons. The van der Waals surface area contributed by atoms with Crippen LogP contribution in [0, 0.1) is 17.8 Å². The van der Waals surface area contributed by atoms with Crippen molar-refractivity contribution < 1.29 is 9.53 Å². The molecule has 2 rings (SSSR count). The molecular weight excluding hydrogens is 312 g/mol. The lowest BCUT2D eigenvalue weighted by atomic mass is 9.64. The summed E-state index contributed by atoms with van der Waals surface area (Å²) in [7, 11) is -1.84. The van der Waals surface area contributed by atoms with Crippen LogP contribution in [0.5, 0.6) is 0 Å². The Morgan fingerprint density at radius 3 is 2.29 bits per heavy atom. The van der Waals surface area contributed by atoms with Gasteiger partial charge in [0.15, 0.2) is 8.32 Å². The Balaban J connectivity index is 2.46. The fourth-order valence-electron chi connectivity index (χ4n) is 4.04. The molecule has 1 N–H and O–H groups in total. The van der Waals surface area contributed by atoms with Crippen LogP contribution >= 0.6 is 0 Å². The monoisotopic (exact) mass is 350 g/mol. The van der Waals surface area contributed by atoms with Gasteiger partial charge in [0.05, 0.1) is 12.2 Å². The zero-order valence-electron chi connectivity index (χ0n) is 17.2. The Morgan fingerprint density at radius 2 is 1.79 bits per heavy atom. The SMILES string of the molecule is CC1=CCC2=C(C)[C@@H](O)C[C@@H](C(C)C)[C@@H]2[C@@H]1O[Si](C)(C)C(C)(C)C. The van der Waals surface area contributed by atoms with Crippen LogP contribution in [0.4, 0.5) is 0 Å². The summed E-state index contributed by atoms with van der Waals surface area (Å²) in [6, 6.07) is 0. The van der Waals surface area contributed by atoms with E-state index in [0.717, 1.165) is 12.8 Å². The second kappa shape index (κ2) is 6.73. The summed E-state index contributed by atoms with van der Waals surface area (Å²) in [6.45, 7) is 20.6. The summed E-state index contributed by atoms with van der Waals surface area (Å²) in [5.41, 5.74) is 4.04. The molecule has 3 heteroatoms. The van der Waals surface area contributed by atoms with E-state index in [-0.39, 0.29) is 17.2 Å². The van der Waals surface area contributed by atoms with E-state index in [2.05, 4.69) is 67.6 Å². The maximum Gasteiger partial charge on any atom is 0.192 e. The van der Waals surface area contributed by atoms with E-state index < -0.39 is 8.32 Å². The molecule has 0 aromatic carbocycles. The predicted molar refractivity (Wildman–Crippen MR) is 106 cm³/mol. The number of hydrogen-bond acceptors (Lipinski definition) is 2. The van der Waals surface area contributed by atoms with Crippen LogP contribution in [0.1, 0.15) is 61.3 Å². The second-order valence-corrected chi connectivity index (χ2v) is 14.6. The van der Waals surface area contributed by atoms with E-state index >= 15 is 0 Å². The lowest BCUT2D eigenvalue weighted by Gasteiger charge is -2.49. The van der Waals surface area contributed by atoms with Crippen LogP contribution in [0.15, 0.2) is 22.8 Å². The highest BCUT2D eigenvalue weighted by molar-refractivity contribution is 6.74. The van der Waals surface area contributed by atoms with Crippen molar-refractivity contribution in [3.05, 3.63) is 22.8 Å². The molecule has 0 spiro atoms. The standard InChI is InChI=1S/C21H38O2Si/c1-13(2)17-12-18(22)15(4)16-11-10-14(3)20(19(16)17)23-24(8,9)21(5,6)7/h10,13,17-20,22H,11-12H2,1-9H3/t17-,18-,19+,20+/m0/s1. The van der Waals surface area contributed by atoms with Gasteiger partial charge in [-0.1, -0.05) is 46.3 Å². The molecule has 0 amide bonds. The van der Waals surface area contributed by atoms with Crippen LogP contribution in [0.25, 0.3) is 0 Å². The highest BCUT2D eigenvalue weighted by atomic mass is 28.4. The molecule has 0 radical (unpaired) electrons. The molecule has 2 aliphatic rings. The van der Waals surface area contributed by atoms with E-state index in [1.54, 1.807) is 0 Å². The maximum absolute atomic E-state index is 10.5. The molecule has 2 nitrogen and oxygen atoms in total. The van der Waals surface area contributed by atoms with Gasteiger partial charge in [0.25, 0.3) is 0 Å². The van der Waals surface area contributed by atoms with Crippen molar-refractivity contribution in [2.24, 2.45) is 17.8 Å². The zero-order chi connectivity index (χ0) is 18.4. The largest absolute Gasteiger partial charge is 0.410 e. The normalized spacial score (nSPS) is 32.0. The Morgan fingerprint density at radius 1 is 1.21 bits per heavy atom. The van der Waals surface area contributed by atoms with E-state index in [1.165, 1.54) is 16.7 Å². The Hall–Kier alpha value is -0.383. The quantitative estimate of drug-likeness (QED) is 0.523. The molecule has 2 aliphatic carbocycles. The molecule has 0 aromatic rings. The zero-order valence-corrected chi connectivity index (χ0v) is 18.2. The molecule has 0 aliphatic heterocycles. The van der Waals surface area contributed by atoms with Gasteiger partial charge in [-0.3, -0.25) is 0 Å². The van der Waals surface area contributed by atoms with Gasteiger partial charge in [0.1, 0.15) is 0 Å². The molecule has 4 atom stereocenters. The van der Waals surface area contributed by atoms with E-state index in [9.17, 15) is 5.11 Å². The van der Waals surface area contributed by atoms with Crippen molar-refractivity contribution in [2.75, 3.05) is 0 Å². The molecule has 0 aromatic heterocycles. The van der Waals surface area contributed by atoms with Crippen molar-refractivity contribution in [2.45, 2.75) is 91.6 Å². The Kier molecular flexibility index (Phi) is 5.59. The molecule has 0 heterocycles. The number of rotatable bonds is 3. The van der Waals surface area contributed by atoms with Gasteiger partial charge in [-0.15, -0.1) is 0 Å². The van der Waals surface area contributed by atoms with Crippen LogP contribution in [-0.4, -0.2) is 25.6 Å². The minimum atomic E-state index is -1.84. The average Bonchev–Trinajstić information content (AvgIpc) is 2.43. The molecule has 0 saturated carbocycles. The first kappa shape index (κ1) is 19.9. The number of fused-ring (bicyclic) bond motifs is 1. The predicted octanol–water partition coefficient (Wildman–Crippen LogP) is 5.70. The van der Waals surface area contributed by atoms with Gasteiger partial charge >= 0.3 is 0 Å². The number of aliphatic hydroxyl groups is 1. The van der Waals surface area contributed by atoms with Gasteiger partial charge in [0.2, 0.25) is 0 Å². The minimum Gasteiger partial charge on any atom is -0.410 e. The first-order chi connectivity index (χ1) is 10.9. The van der Waals surface area contributed by atoms with Gasteiger partial charge in [-0.25, -0.2) is 0 Å². The molecule has 0 fully saturated rings. The minimum absolute atomic E-state index is 0.185. The summed E-state index contributed by atoms with van der Waals surface area (Å²) in [6.07, 6.45) is 4.11. The van der Waals surface area contributed by atoms with Crippen LogP contribution < -0.4 is 0 Å². The summed E-state index contributed by atoms with van der Waals surface area (Å²) in [4.78, 5) is 0. The lowest BCUT2D eigenvalue weighted by molar-refractivity contribution is 0.0568. The fraction of sp³-hybridized carbons (Fsp3) is 0.810. The lowest BCUT2D eigenvalue weighted by Crippen LogP contribution is -2.50. The van der Waals surface area contributed by atoms with Crippen LogP contribution in [-0.2, 0) is 4.43 Å². The fourth-order valence-corrected chi connectivity index (χ4v) is 5.36. The number of hydrogen-bond donors (Lipinski definition) is 1. The topological polar surface area (TPSA) is 29.5 Å². The van der Waals surface area contributed by atoms with E-state index in [4.69, 9.17) is 4.43 Å². The summed E-state index contributed by atoms with van der Waals surface area (Å²) < 4.78 is 6.94. The van der Waals surface area contributed by atoms with Crippen molar-refractivity contribution in [1.82, 2.24) is 0 Å². The van der Waals surface area contributed by atoms with E-state index in [1.807, 2.05) is 0 Å². The van der Waals surface area contributed by atoms with Crippen LogP contribution in [0.3, 0.4) is 0 Å². The van der Waals surface area contributed by atoms with Gasteiger partial charge in [-0.05, 0) is 67.8 Å². The van der Waals surface area contributed by atoms with Gasteiger partial charge in [-0.2, -0.15) is 0 Å². The highest BCUT2D eigenvalue weighted by Gasteiger charge is 2.47. The molecular formula is C21H38O2Si. The Labute approximate surface area is 150 Å². The molecule has 0 bridgehead atoms. The van der Waals surface area contributed by atoms with Gasteiger partial charge < -0.3 is 9.53 Å². The summed E-state index contributed by atoms with van der Waals surface area (Å²) >= 11 is 0. The maximum atomic E-state index is 10.5. The average molecular weight is 351 g/mol. The first-order valence-electron chi connectivity index (χ1n) is 9.59. The number of aliphatic hydroxyl groups excluding tert-OH is 1. The Bertz CT molecular complexity index is 537. The van der Waals surface area contributed by atoms with E-state index in [0.29, 0.717) is 17.8 Å². The number of allylic oxidation sites excluding steroid dienone is 1. The van der Waals surface area contributed by atoms with Gasteiger partial charge in [0, 0.05) is 5.92 Å². The third-order valence-electron chi connectivity index (χ3n) is 6.87. The summed E-state index contributed by atoms with van der Waals surface area (Å²) in [5, 5.41) is 10.8.